The van der Waals surface area contributed by atoms with E-state index >= 15 is 0 Å². The summed E-state index contributed by atoms with van der Waals surface area (Å²) >= 11 is 0. The predicted octanol–water partition coefficient (Wildman–Crippen LogP) is 5.08. The quantitative estimate of drug-likeness (QED) is 0.344. The molecule has 1 fully saturated rings. The van der Waals surface area contributed by atoms with Gasteiger partial charge in [0.05, 0.1) is 17.2 Å². The van der Waals surface area contributed by atoms with Gasteiger partial charge in [-0.05, 0) is 42.7 Å². The average molecular weight is 501 g/mol. The van der Waals surface area contributed by atoms with Crippen molar-refractivity contribution in [3.63, 3.8) is 0 Å². The van der Waals surface area contributed by atoms with E-state index < -0.39 is 0 Å². The molecule has 9 heteroatoms. The highest BCUT2D eigenvalue weighted by molar-refractivity contribution is 5.89. The number of rotatable bonds is 6. The number of anilines is 1. The van der Waals surface area contributed by atoms with Gasteiger partial charge in [0.2, 0.25) is 5.52 Å². The molecule has 0 spiro atoms. The van der Waals surface area contributed by atoms with E-state index in [1.807, 2.05) is 6.07 Å². The topological polar surface area (TPSA) is 71.8 Å². The Labute approximate surface area is 214 Å². The van der Waals surface area contributed by atoms with Crippen LogP contribution < -0.4 is 10.5 Å². The third kappa shape index (κ3) is 4.49. The summed E-state index contributed by atoms with van der Waals surface area (Å²) in [7, 11) is 1.73. The second-order valence-corrected chi connectivity index (χ2v) is 9.43. The molecule has 0 bridgehead atoms. The van der Waals surface area contributed by atoms with Crippen LogP contribution in [0.15, 0.2) is 64.1 Å². The maximum atomic E-state index is 13.8. The van der Waals surface area contributed by atoms with E-state index in [1.54, 1.807) is 48.2 Å². The lowest BCUT2D eigenvalue weighted by Crippen LogP contribution is -2.59. The zero-order chi connectivity index (χ0) is 26.1. The van der Waals surface area contributed by atoms with Gasteiger partial charge in [0.15, 0.2) is 0 Å². The normalized spacial score (nSPS) is 19.2. The largest absolute Gasteiger partial charge is 0.364 e. The first-order chi connectivity index (χ1) is 17.9. The van der Waals surface area contributed by atoms with Crippen molar-refractivity contribution in [3.05, 3.63) is 93.6 Å². The molecule has 3 aromatic heterocycles. The maximum Gasteiger partial charge on any atom is 0.270 e. The van der Waals surface area contributed by atoms with Crippen LogP contribution in [-0.4, -0.2) is 44.8 Å². The van der Waals surface area contributed by atoms with Crippen LogP contribution in [0.4, 0.5) is 15.9 Å². The number of fused-ring (bicyclic) bond motifs is 1. The Balaban J connectivity index is 1.60. The molecule has 0 amide bonds. The van der Waals surface area contributed by atoms with E-state index in [-0.39, 0.29) is 29.5 Å². The number of aryl methyl sites for hydroxylation is 1. The molecule has 8 nitrogen and oxygen atoms in total. The van der Waals surface area contributed by atoms with E-state index in [9.17, 15) is 9.18 Å². The predicted molar refractivity (Wildman–Crippen MR) is 140 cm³/mol. The maximum absolute atomic E-state index is 13.8. The Morgan fingerprint density at radius 2 is 1.86 bits per heavy atom. The van der Waals surface area contributed by atoms with E-state index in [2.05, 4.69) is 38.6 Å². The molecule has 1 unspecified atom stereocenters. The van der Waals surface area contributed by atoms with E-state index in [0.29, 0.717) is 29.9 Å². The molecule has 0 N–H and O–H groups in total. The van der Waals surface area contributed by atoms with Crippen LogP contribution in [0.25, 0.3) is 15.9 Å². The third-order valence-electron chi connectivity index (χ3n) is 7.41. The molecule has 1 aromatic carbocycles. The number of nitrogens with zero attached hydrogens (tertiary/aromatic N) is 6. The number of halogens is 1. The Morgan fingerprint density at radius 1 is 1.11 bits per heavy atom. The lowest BCUT2D eigenvalue weighted by atomic mass is 9.94. The van der Waals surface area contributed by atoms with Crippen LogP contribution in [0.3, 0.4) is 0 Å². The summed E-state index contributed by atoms with van der Waals surface area (Å²) in [4.78, 5) is 25.7. The molecule has 37 heavy (non-hydrogen) atoms. The van der Waals surface area contributed by atoms with Crippen LogP contribution >= 0.6 is 0 Å². The van der Waals surface area contributed by atoms with Gasteiger partial charge in [-0.1, -0.05) is 37.7 Å². The van der Waals surface area contributed by atoms with Gasteiger partial charge in [0.25, 0.3) is 11.4 Å². The van der Waals surface area contributed by atoms with Crippen molar-refractivity contribution in [2.24, 2.45) is 7.05 Å². The molecule has 4 heterocycles. The fourth-order valence-electron chi connectivity index (χ4n) is 5.42. The second kappa shape index (κ2) is 10.1. The van der Waals surface area contributed by atoms with Gasteiger partial charge in [0.1, 0.15) is 17.8 Å². The van der Waals surface area contributed by atoms with Crippen LogP contribution in [0.1, 0.15) is 44.0 Å². The summed E-state index contributed by atoms with van der Waals surface area (Å²) in [6.45, 7) is 13.1. The Hall–Kier alpha value is -4.03. The van der Waals surface area contributed by atoms with Crippen LogP contribution in [0.2, 0.25) is 0 Å². The highest BCUT2D eigenvalue weighted by Gasteiger charge is 2.39. The first-order valence-electron chi connectivity index (χ1n) is 12.5. The van der Waals surface area contributed by atoms with Gasteiger partial charge >= 0.3 is 0 Å². The standard InChI is InChI=1S/C28H29FN6O2/c1-5-20-17-35(28(22-13-14-37-32-22)18-7-9-19(29)10-8-18)21(6-2)16-34(20)24-15-26(36)33(4)23-11-12-25(30-3)31-27(23)24/h7-15,20-21,28H,5-6,16-17H2,1-2,4H3/t20-,21+,28?/m0/s1. The summed E-state index contributed by atoms with van der Waals surface area (Å²) in [5.74, 6) is 0.0169. The van der Waals surface area contributed by atoms with Crippen molar-refractivity contribution in [2.75, 3.05) is 18.0 Å². The van der Waals surface area contributed by atoms with Crippen LogP contribution in [0.5, 0.6) is 0 Å². The van der Waals surface area contributed by atoms with Crippen molar-refractivity contribution in [1.29, 1.82) is 0 Å². The minimum absolute atomic E-state index is 0.0753. The molecule has 5 rings (SSSR count). The molecule has 190 valence electrons. The van der Waals surface area contributed by atoms with E-state index in [4.69, 9.17) is 11.1 Å². The first kappa shape index (κ1) is 24.7. The SMILES string of the molecule is [C-]#[N+]c1ccc2c(n1)c(N1C[C@@H](CC)N(C(c3ccc(F)cc3)c3ccon3)C[C@@H]1CC)cc(=O)n2C. The molecule has 4 aromatic rings. The van der Waals surface area contributed by atoms with Crippen molar-refractivity contribution in [1.82, 2.24) is 19.6 Å². The van der Waals surface area contributed by atoms with Gasteiger partial charge in [-0.2, -0.15) is 0 Å². The molecule has 0 saturated carbocycles. The molecule has 0 aliphatic carbocycles. The minimum atomic E-state index is -0.283. The second-order valence-electron chi connectivity index (χ2n) is 9.43. The highest BCUT2D eigenvalue weighted by Crippen LogP contribution is 2.37. The van der Waals surface area contributed by atoms with Gasteiger partial charge in [-0.3, -0.25) is 9.69 Å². The molecule has 3 atom stereocenters. The van der Waals surface area contributed by atoms with Gasteiger partial charge in [0, 0.05) is 44.4 Å². The monoisotopic (exact) mass is 500 g/mol. The number of piperazine rings is 1. The summed E-state index contributed by atoms with van der Waals surface area (Å²) < 4.78 is 20.6. The minimum Gasteiger partial charge on any atom is -0.364 e. The van der Waals surface area contributed by atoms with Gasteiger partial charge < -0.3 is 18.8 Å². The summed E-state index contributed by atoms with van der Waals surface area (Å²) in [5, 5.41) is 4.26. The number of hydrogen-bond donors (Lipinski definition) is 0. The summed E-state index contributed by atoms with van der Waals surface area (Å²) in [6, 6.07) is 13.5. The lowest BCUT2D eigenvalue weighted by molar-refractivity contribution is 0.107. The number of benzene rings is 1. The average Bonchev–Trinajstić information content (AvgIpc) is 3.46. The number of aromatic nitrogens is 3. The zero-order valence-corrected chi connectivity index (χ0v) is 21.1. The zero-order valence-electron chi connectivity index (χ0n) is 21.1. The van der Waals surface area contributed by atoms with Gasteiger partial charge in [-0.15, -0.1) is 4.98 Å². The molecule has 1 saturated heterocycles. The Bertz CT molecular complexity index is 1490. The Morgan fingerprint density at radius 3 is 2.51 bits per heavy atom. The van der Waals surface area contributed by atoms with E-state index in [0.717, 1.165) is 29.8 Å². The molecule has 1 aliphatic heterocycles. The van der Waals surface area contributed by atoms with Crippen molar-refractivity contribution < 1.29 is 8.91 Å². The van der Waals surface area contributed by atoms with Crippen molar-refractivity contribution in [3.8, 4) is 0 Å². The molecular weight excluding hydrogens is 471 g/mol. The molecule has 1 aliphatic rings. The van der Waals surface area contributed by atoms with E-state index in [1.165, 1.54) is 12.1 Å². The summed E-state index contributed by atoms with van der Waals surface area (Å²) in [5.41, 5.74) is 3.72. The number of hydrogen-bond acceptors (Lipinski definition) is 6. The van der Waals surface area contributed by atoms with Crippen LogP contribution in [0, 0.1) is 12.4 Å². The molecule has 0 radical (unpaired) electrons. The smallest absolute Gasteiger partial charge is 0.270 e. The first-order valence-corrected chi connectivity index (χ1v) is 12.5. The highest BCUT2D eigenvalue weighted by atomic mass is 19.1. The lowest BCUT2D eigenvalue weighted by Gasteiger charge is -2.49. The van der Waals surface area contributed by atoms with Crippen molar-refractivity contribution >= 4 is 22.5 Å². The Kier molecular flexibility index (Phi) is 6.76. The fraction of sp³-hybridized carbons (Fsp3) is 0.357. The summed E-state index contributed by atoms with van der Waals surface area (Å²) in [6.07, 6.45) is 3.25. The molecular formula is C28H29FN6O2. The van der Waals surface area contributed by atoms with Crippen molar-refractivity contribution in [2.45, 2.75) is 44.8 Å². The van der Waals surface area contributed by atoms with Gasteiger partial charge in [-0.25, -0.2) is 4.39 Å². The third-order valence-corrected chi connectivity index (χ3v) is 7.41. The fourth-order valence-corrected chi connectivity index (χ4v) is 5.42. The number of pyridine rings is 2. The van der Waals surface area contributed by atoms with Crippen LogP contribution in [-0.2, 0) is 7.05 Å².